The number of methoxy groups -OCH3 is 1. The molecule has 0 atom stereocenters. The molecule has 2 aliphatic heterocycles. The number of carbonyl (C=O) groups excluding carboxylic acids is 2. The summed E-state index contributed by atoms with van der Waals surface area (Å²) in [6.45, 7) is 4.41. The molecule has 2 aliphatic rings. The molecular weight excluding hydrogens is 553 g/mol. The maximum atomic E-state index is 13.9. The van der Waals surface area contributed by atoms with Crippen molar-refractivity contribution in [2.24, 2.45) is 0 Å². The summed E-state index contributed by atoms with van der Waals surface area (Å²) in [5.74, 6) is -1.29. The number of rotatable bonds is 8. The highest BCUT2D eigenvalue weighted by atomic mass is 19.4. The quantitative estimate of drug-likeness (QED) is 0.387. The normalized spacial score (nSPS) is 15.9. The van der Waals surface area contributed by atoms with Gasteiger partial charge in [-0.1, -0.05) is 12.1 Å². The molecule has 0 saturated carbocycles. The highest BCUT2D eigenvalue weighted by Crippen LogP contribution is 2.40. The number of aromatic nitrogens is 2. The van der Waals surface area contributed by atoms with Gasteiger partial charge in [0.25, 0.3) is 11.8 Å². The van der Waals surface area contributed by atoms with Gasteiger partial charge in [-0.3, -0.25) is 9.59 Å². The van der Waals surface area contributed by atoms with E-state index in [2.05, 4.69) is 25.5 Å². The number of nitrogens with zero attached hydrogens (tertiary/aromatic N) is 4. The molecule has 2 amide bonds. The van der Waals surface area contributed by atoms with Gasteiger partial charge < -0.3 is 29.9 Å². The molecule has 3 aromatic rings. The largest absolute Gasteiger partial charge is 0.495 e. The second-order valence-electron chi connectivity index (χ2n) is 10.2. The molecule has 2 N–H and O–H groups in total. The van der Waals surface area contributed by atoms with Gasteiger partial charge in [0.05, 0.1) is 18.4 Å². The third-order valence-electron chi connectivity index (χ3n) is 7.39. The van der Waals surface area contributed by atoms with Crippen LogP contribution in [0, 0.1) is 0 Å². The highest BCUT2D eigenvalue weighted by molar-refractivity contribution is 6.01. The molecule has 13 heteroatoms. The summed E-state index contributed by atoms with van der Waals surface area (Å²) in [6.07, 6.45) is -2.49. The Morgan fingerprint density at radius 1 is 1.14 bits per heavy atom. The van der Waals surface area contributed by atoms with Gasteiger partial charge in [0.2, 0.25) is 11.8 Å². The van der Waals surface area contributed by atoms with Crippen molar-refractivity contribution in [3.63, 3.8) is 0 Å². The van der Waals surface area contributed by atoms with Gasteiger partial charge in [0.1, 0.15) is 17.1 Å². The summed E-state index contributed by atoms with van der Waals surface area (Å²) in [7, 11) is 3.45. The lowest BCUT2D eigenvalue weighted by Gasteiger charge is -2.29. The van der Waals surface area contributed by atoms with Crippen LogP contribution in [-0.4, -0.2) is 71.4 Å². The van der Waals surface area contributed by atoms with Gasteiger partial charge in [-0.25, -0.2) is 4.98 Å². The summed E-state index contributed by atoms with van der Waals surface area (Å²) in [5, 5.41) is 5.89. The summed E-state index contributed by atoms with van der Waals surface area (Å²) < 4.78 is 52.8. The van der Waals surface area contributed by atoms with Crippen molar-refractivity contribution in [3.8, 4) is 17.4 Å². The lowest BCUT2D eigenvalue weighted by atomic mass is 10.0. The summed E-state index contributed by atoms with van der Waals surface area (Å²) >= 11 is 0. The Bertz CT molecular complexity index is 1490. The van der Waals surface area contributed by atoms with E-state index in [-0.39, 0.29) is 40.9 Å². The van der Waals surface area contributed by atoms with Gasteiger partial charge in [0.15, 0.2) is 0 Å². The maximum Gasteiger partial charge on any atom is 0.423 e. The Morgan fingerprint density at radius 3 is 2.60 bits per heavy atom. The minimum absolute atomic E-state index is 0.0267. The molecule has 0 aliphatic carbocycles. The number of halogens is 3. The van der Waals surface area contributed by atoms with Gasteiger partial charge >= 0.3 is 6.18 Å². The Hall–Kier alpha value is -4.39. The van der Waals surface area contributed by atoms with Crippen LogP contribution in [0.15, 0.2) is 42.6 Å². The Labute approximate surface area is 240 Å². The number of amides is 2. The number of ether oxygens (including phenoxy) is 2. The average Bonchev–Trinajstić information content (AvgIpc) is 3.30. The molecule has 1 aromatic heterocycles. The molecule has 222 valence electrons. The molecule has 42 heavy (non-hydrogen) atoms. The molecule has 3 heterocycles. The van der Waals surface area contributed by atoms with Gasteiger partial charge in [-0.15, -0.1) is 0 Å². The first-order valence-electron chi connectivity index (χ1n) is 13.5. The zero-order chi connectivity index (χ0) is 30.0. The lowest BCUT2D eigenvalue weighted by molar-refractivity contribution is -0.139. The topological polar surface area (TPSA) is 109 Å². The van der Waals surface area contributed by atoms with E-state index in [0.717, 1.165) is 25.9 Å². The van der Waals surface area contributed by atoms with E-state index in [4.69, 9.17) is 9.47 Å². The Balaban J connectivity index is 1.39. The molecule has 10 nitrogen and oxygen atoms in total. The van der Waals surface area contributed by atoms with E-state index >= 15 is 0 Å². The molecule has 1 fully saturated rings. The smallest absolute Gasteiger partial charge is 0.423 e. The van der Waals surface area contributed by atoms with Crippen molar-refractivity contribution in [3.05, 3.63) is 64.8 Å². The van der Waals surface area contributed by atoms with Crippen LogP contribution in [0.2, 0.25) is 0 Å². The Kier molecular flexibility index (Phi) is 8.21. The number of hydrogen-bond acceptors (Lipinski definition) is 8. The fraction of sp³-hybridized carbons (Fsp3) is 0.379. The predicted molar refractivity (Wildman–Crippen MR) is 148 cm³/mol. The predicted octanol–water partition coefficient (Wildman–Crippen LogP) is 4.84. The molecule has 0 radical (unpaired) electrons. The minimum atomic E-state index is -4.81. The van der Waals surface area contributed by atoms with E-state index < -0.39 is 17.6 Å². The van der Waals surface area contributed by atoms with Crippen LogP contribution in [0.25, 0.3) is 0 Å². The number of hydrogen-bond donors (Lipinski definition) is 2. The first-order valence-corrected chi connectivity index (χ1v) is 13.5. The monoisotopic (exact) mass is 584 g/mol. The average molecular weight is 585 g/mol. The van der Waals surface area contributed by atoms with Crippen molar-refractivity contribution < 1.29 is 32.2 Å². The fourth-order valence-electron chi connectivity index (χ4n) is 5.01. The van der Waals surface area contributed by atoms with Crippen LogP contribution < -0.4 is 20.1 Å². The van der Waals surface area contributed by atoms with Crippen LogP contribution in [0.3, 0.4) is 0 Å². The Morgan fingerprint density at radius 2 is 1.90 bits per heavy atom. The zero-order valence-corrected chi connectivity index (χ0v) is 23.4. The van der Waals surface area contributed by atoms with E-state index in [1.807, 2.05) is 14.0 Å². The highest BCUT2D eigenvalue weighted by Gasteiger charge is 2.38. The van der Waals surface area contributed by atoms with Crippen molar-refractivity contribution in [2.45, 2.75) is 38.5 Å². The van der Waals surface area contributed by atoms with Crippen LogP contribution in [-0.2, 0) is 12.7 Å². The summed E-state index contributed by atoms with van der Waals surface area (Å²) in [5.41, 5.74) is 0.364. The number of fused-ring (bicyclic) bond motifs is 1. The standard InChI is InChI=1S/C29H31F3N6O4/c1-4-38-16-18-6-5-7-22(24(18)27(38)40)42-26-20(29(30,31)32)15-33-28(36-26)35-21-9-8-17(14-23(21)41-3)25(39)34-19-10-12-37(2)13-11-19/h5-9,14-15,19H,4,10-13,16H2,1-3H3,(H,34,39)(H,33,35,36). The first-order chi connectivity index (χ1) is 20.1. The number of anilines is 2. The SMILES string of the molecule is CCN1Cc2cccc(Oc3nc(Nc4ccc(C(=O)NC5CCN(C)CC5)cc4OC)ncc3C(F)(F)F)c2C1=O. The number of likely N-dealkylation sites (tertiary alicyclic amines) is 1. The summed E-state index contributed by atoms with van der Waals surface area (Å²) in [6, 6.07) is 9.53. The molecule has 0 bridgehead atoms. The van der Waals surface area contributed by atoms with Gasteiger partial charge in [0, 0.05) is 30.9 Å². The van der Waals surface area contributed by atoms with E-state index in [1.54, 1.807) is 29.2 Å². The second kappa shape index (κ2) is 11.8. The van der Waals surface area contributed by atoms with Crippen LogP contribution >= 0.6 is 0 Å². The number of nitrogens with one attached hydrogen (secondary N) is 2. The molecular formula is C29H31F3N6O4. The van der Waals surface area contributed by atoms with Crippen molar-refractivity contribution in [1.29, 1.82) is 0 Å². The minimum Gasteiger partial charge on any atom is -0.495 e. The number of alkyl halides is 3. The third-order valence-corrected chi connectivity index (χ3v) is 7.39. The molecule has 5 rings (SSSR count). The third kappa shape index (κ3) is 6.10. The fourth-order valence-corrected chi connectivity index (χ4v) is 5.01. The van der Waals surface area contributed by atoms with Crippen molar-refractivity contribution >= 4 is 23.5 Å². The van der Waals surface area contributed by atoms with Crippen molar-refractivity contribution in [1.82, 2.24) is 25.1 Å². The lowest BCUT2D eigenvalue weighted by Crippen LogP contribution is -2.43. The molecule has 0 unspecified atom stereocenters. The number of carbonyl (C=O) groups is 2. The van der Waals surface area contributed by atoms with Crippen molar-refractivity contribution in [2.75, 3.05) is 39.1 Å². The number of benzene rings is 2. The van der Waals surface area contributed by atoms with Gasteiger partial charge in [-0.05, 0) is 69.7 Å². The van der Waals surface area contributed by atoms with E-state index in [0.29, 0.717) is 36.1 Å². The van der Waals surface area contributed by atoms with Gasteiger partial charge in [-0.2, -0.15) is 18.2 Å². The maximum absolute atomic E-state index is 13.9. The zero-order valence-electron chi connectivity index (χ0n) is 23.4. The van der Waals surface area contributed by atoms with Crippen LogP contribution in [0.4, 0.5) is 24.8 Å². The molecule has 2 aromatic carbocycles. The van der Waals surface area contributed by atoms with E-state index in [1.165, 1.54) is 19.2 Å². The first kappa shape index (κ1) is 29.1. The summed E-state index contributed by atoms with van der Waals surface area (Å²) in [4.78, 5) is 37.3. The van der Waals surface area contributed by atoms with E-state index in [9.17, 15) is 22.8 Å². The van der Waals surface area contributed by atoms with Crippen LogP contribution in [0.5, 0.6) is 17.4 Å². The number of piperidine rings is 1. The van der Waals surface area contributed by atoms with Crippen LogP contribution in [0.1, 0.15) is 51.6 Å². The molecule has 1 saturated heterocycles. The molecule has 0 spiro atoms. The second-order valence-corrected chi connectivity index (χ2v) is 10.2.